The van der Waals surface area contributed by atoms with E-state index in [2.05, 4.69) is 50.7 Å². The summed E-state index contributed by atoms with van der Waals surface area (Å²) in [5.41, 5.74) is 1.21. The number of nitrogens with zero attached hydrogens (tertiary/aromatic N) is 1. The first-order valence-corrected chi connectivity index (χ1v) is 6.79. The number of aromatic nitrogens is 1. The molecule has 1 atom stereocenters. The monoisotopic (exact) mass is 296 g/mol. The quantitative estimate of drug-likeness (QED) is 0.929. The maximum absolute atomic E-state index is 4.09. The van der Waals surface area contributed by atoms with E-state index in [1.165, 1.54) is 10.4 Å². The number of nitrogens with one attached hydrogen (secondary N) is 1. The Labute approximate surface area is 108 Å². The Kier molecular flexibility index (Phi) is 4.09. The first-order valence-electron chi connectivity index (χ1n) is 5.12. The van der Waals surface area contributed by atoms with Crippen LogP contribution in [0.3, 0.4) is 0 Å². The topological polar surface area (TPSA) is 24.9 Å². The predicted molar refractivity (Wildman–Crippen MR) is 71.5 cm³/mol. The lowest BCUT2D eigenvalue weighted by Gasteiger charge is -2.11. The lowest BCUT2D eigenvalue weighted by Crippen LogP contribution is -2.17. The number of thiophene rings is 1. The van der Waals surface area contributed by atoms with Gasteiger partial charge in [-0.15, -0.1) is 11.3 Å². The van der Waals surface area contributed by atoms with Gasteiger partial charge in [0.2, 0.25) is 0 Å². The molecule has 2 aromatic heterocycles. The van der Waals surface area contributed by atoms with Gasteiger partial charge in [0.25, 0.3) is 0 Å². The van der Waals surface area contributed by atoms with Gasteiger partial charge in [0.15, 0.2) is 0 Å². The van der Waals surface area contributed by atoms with E-state index in [-0.39, 0.29) is 0 Å². The summed E-state index contributed by atoms with van der Waals surface area (Å²) >= 11 is 5.24. The molecule has 2 rings (SSSR count). The van der Waals surface area contributed by atoms with Gasteiger partial charge in [0.05, 0.1) is 0 Å². The molecule has 84 valence electrons. The number of hydrogen-bond acceptors (Lipinski definition) is 3. The van der Waals surface area contributed by atoms with Crippen LogP contribution in [0.15, 0.2) is 40.4 Å². The summed E-state index contributed by atoms with van der Waals surface area (Å²) in [5, 5.41) is 5.59. The fourth-order valence-corrected chi connectivity index (χ4v) is 2.91. The van der Waals surface area contributed by atoms with Crippen molar-refractivity contribution in [1.82, 2.24) is 10.3 Å². The smallest absolute Gasteiger partial charge is 0.0389 e. The van der Waals surface area contributed by atoms with Crippen LogP contribution >= 0.6 is 27.3 Å². The van der Waals surface area contributed by atoms with E-state index in [1.54, 1.807) is 17.5 Å². The highest BCUT2D eigenvalue weighted by atomic mass is 79.9. The Morgan fingerprint density at radius 2 is 2.44 bits per heavy atom. The molecule has 0 radical (unpaired) electrons. The molecule has 2 heterocycles. The van der Waals surface area contributed by atoms with Gasteiger partial charge in [-0.25, -0.2) is 0 Å². The molecule has 0 aromatic carbocycles. The van der Waals surface area contributed by atoms with Crippen molar-refractivity contribution < 1.29 is 0 Å². The van der Waals surface area contributed by atoms with Gasteiger partial charge in [-0.2, -0.15) is 0 Å². The van der Waals surface area contributed by atoms with Crippen LogP contribution in [-0.2, 0) is 6.54 Å². The third kappa shape index (κ3) is 3.14. The van der Waals surface area contributed by atoms with E-state index >= 15 is 0 Å². The molecule has 0 aliphatic rings. The first-order chi connectivity index (χ1) is 7.75. The number of pyridine rings is 1. The molecule has 0 aliphatic carbocycles. The van der Waals surface area contributed by atoms with Crippen LogP contribution in [0.25, 0.3) is 0 Å². The van der Waals surface area contributed by atoms with Crippen molar-refractivity contribution in [2.45, 2.75) is 19.5 Å². The van der Waals surface area contributed by atoms with Crippen LogP contribution in [0.1, 0.15) is 23.4 Å². The molecular formula is C12H13BrN2S. The molecule has 0 saturated heterocycles. The molecule has 0 fully saturated rings. The van der Waals surface area contributed by atoms with Crippen LogP contribution in [0.2, 0.25) is 0 Å². The minimum atomic E-state index is 0.372. The second-order valence-corrected chi connectivity index (χ2v) is 5.49. The summed E-state index contributed by atoms with van der Waals surface area (Å²) < 4.78 is 1.16. The Morgan fingerprint density at radius 3 is 3.06 bits per heavy atom. The maximum Gasteiger partial charge on any atom is 0.0389 e. The molecule has 0 bridgehead atoms. The highest BCUT2D eigenvalue weighted by Crippen LogP contribution is 2.25. The third-order valence-corrected chi connectivity index (χ3v) is 4.23. The zero-order valence-corrected chi connectivity index (χ0v) is 11.4. The van der Waals surface area contributed by atoms with Gasteiger partial charge in [-0.05, 0) is 40.5 Å². The molecule has 2 nitrogen and oxygen atoms in total. The lowest BCUT2D eigenvalue weighted by atomic mass is 10.2. The molecule has 0 aliphatic heterocycles. The minimum absolute atomic E-state index is 0.372. The van der Waals surface area contributed by atoms with Gasteiger partial charge in [-0.1, -0.05) is 6.07 Å². The molecule has 0 saturated carbocycles. The van der Waals surface area contributed by atoms with E-state index < -0.39 is 0 Å². The summed E-state index contributed by atoms with van der Waals surface area (Å²) in [5.74, 6) is 0. The zero-order chi connectivity index (χ0) is 11.4. The number of halogens is 1. The molecule has 0 spiro atoms. The van der Waals surface area contributed by atoms with Crippen molar-refractivity contribution >= 4 is 27.3 Å². The van der Waals surface area contributed by atoms with Crippen molar-refractivity contribution in [3.63, 3.8) is 0 Å². The van der Waals surface area contributed by atoms with Crippen molar-refractivity contribution in [1.29, 1.82) is 0 Å². The second-order valence-electron chi connectivity index (χ2n) is 3.63. The van der Waals surface area contributed by atoms with Crippen LogP contribution < -0.4 is 5.32 Å². The highest BCUT2D eigenvalue weighted by molar-refractivity contribution is 9.10. The van der Waals surface area contributed by atoms with Gasteiger partial charge in [-0.3, -0.25) is 4.98 Å². The summed E-state index contributed by atoms with van der Waals surface area (Å²) in [6.07, 6.45) is 3.69. The molecule has 1 unspecified atom stereocenters. The number of hydrogen-bond donors (Lipinski definition) is 1. The minimum Gasteiger partial charge on any atom is -0.305 e. The fraction of sp³-hybridized carbons (Fsp3) is 0.250. The molecule has 4 heteroatoms. The molecule has 1 N–H and O–H groups in total. The average Bonchev–Trinajstić information content (AvgIpc) is 2.74. The molecule has 16 heavy (non-hydrogen) atoms. The highest BCUT2D eigenvalue weighted by Gasteiger charge is 2.07. The largest absolute Gasteiger partial charge is 0.305 e. The standard InChI is InChI=1S/C12H13BrN2S/c1-9(12-5-11(13)8-16-12)15-7-10-3-2-4-14-6-10/h2-6,8-9,15H,7H2,1H3. The van der Waals surface area contributed by atoms with Gasteiger partial charge in [0, 0.05) is 39.7 Å². The van der Waals surface area contributed by atoms with Gasteiger partial charge in [0.1, 0.15) is 0 Å². The van der Waals surface area contributed by atoms with Crippen molar-refractivity contribution in [3.05, 3.63) is 50.9 Å². The summed E-state index contributed by atoms with van der Waals surface area (Å²) in [6.45, 7) is 3.03. The molecule has 0 amide bonds. The second kappa shape index (κ2) is 5.57. The third-order valence-electron chi connectivity index (χ3n) is 2.35. The first kappa shape index (κ1) is 11.8. The Hall–Kier alpha value is -0.710. The number of rotatable bonds is 4. The van der Waals surface area contributed by atoms with E-state index in [0.29, 0.717) is 6.04 Å². The average molecular weight is 297 g/mol. The fourth-order valence-electron chi connectivity index (χ4n) is 1.43. The van der Waals surface area contributed by atoms with Crippen LogP contribution in [0.4, 0.5) is 0 Å². The maximum atomic E-state index is 4.09. The van der Waals surface area contributed by atoms with E-state index in [9.17, 15) is 0 Å². The Balaban J connectivity index is 1.91. The van der Waals surface area contributed by atoms with Gasteiger partial charge >= 0.3 is 0 Å². The van der Waals surface area contributed by atoms with E-state index in [4.69, 9.17) is 0 Å². The van der Waals surface area contributed by atoms with Crippen molar-refractivity contribution in [2.24, 2.45) is 0 Å². The predicted octanol–water partition coefficient (Wildman–Crippen LogP) is 3.76. The summed E-state index contributed by atoms with van der Waals surface area (Å²) in [4.78, 5) is 5.44. The normalized spacial score (nSPS) is 12.6. The van der Waals surface area contributed by atoms with Crippen molar-refractivity contribution in [3.8, 4) is 0 Å². The van der Waals surface area contributed by atoms with Gasteiger partial charge < -0.3 is 5.32 Å². The summed E-state index contributed by atoms with van der Waals surface area (Å²) in [7, 11) is 0. The Bertz CT molecular complexity index is 441. The summed E-state index contributed by atoms with van der Waals surface area (Å²) in [6, 6.07) is 6.57. The Morgan fingerprint density at radius 1 is 1.56 bits per heavy atom. The lowest BCUT2D eigenvalue weighted by molar-refractivity contribution is 0.582. The molecular weight excluding hydrogens is 284 g/mol. The van der Waals surface area contributed by atoms with E-state index in [1.807, 2.05) is 12.3 Å². The van der Waals surface area contributed by atoms with Crippen LogP contribution in [-0.4, -0.2) is 4.98 Å². The SMILES string of the molecule is CC(NCc1cccnc1)c1cc(Br)cs1. The van der Waals surface area contributed by atoms with E-state index in [0.717, 1.165) is 11.0 Å². The van der Waals surface area contributed by atoms with Crippen LogP contribution in [0, 0.1) is 0 Å². The zero-order valence-electron chi connectivity index (χ0n) is 8.98. The van der Waals surface area contributed by atoms with Crippen LogP contribution in [0.5, 0.6) is 0 Å². The molecule has 2 aromatic rings. The van der Waals surface area contributed by atoms with Crippen molar-refractivity contribution in [2.75, 3.05) is 0 Å².